The summed E-state index contributed by atoms with van der Waals surface area (Å²) in [6.45, 7) is 7.38. The van der Waals surface area contributed by atoms with Gasteiger partial charge in [0.15, 0.2) is 11.7 Å². The topological polar surface area (TPSA) is 92.9 Å². The molecule has 0 bridgehead atoms. The standard InChI is InChI=1S/C32H52N4O4/c1-23(17-28-24(2)38-22-39-28)29(37)35-15-13-27(14-16-35)20-36-30(33)34-31(32(36)21-40-32,18-25-9-5-3-6-10-25)19-26-11-7-4-8-12-26/h17,24-28H,3-16,18-22H2,1-2H3,(H2,33,34)/b23-17+/t24-,28?,32?/m1/s1. The van der Waals surface area contributed by atoms with Gasteiger partial charge in [-0.05, 0) is 63.4 Å². The molecule has 2 aliphatic carbocycles. The van der Waals surface area contributed by atoms with E-state index < -0.39 is 0 Å². The van der Waals surface area contributed by atoms with Crippen LogP contribution >= 0.6 is 0 Å². The van der Waals surface area contributed by atoms with E-state index in [0.29, 0.717) is 18.7 Å². The molecule has 6 rings (SSSR count). The van der Waals surface area contributed by atoms with Crippen LogP contribution < -0.4 is 5.73 Å². The number of nitrogens with zero attached hydrogens (tertiary/aromatic N) is 3. The van der Waals surface area contributed by atoms with Crippen molar-refractivity contribution in [2.75, 3.05) is 33.0 Å². The zero-order valence-electron chi connectivity index (χ0n) is 25.0. The lowest BCUT2D eigenvalue weighted by Crippen LogP contribution is -2.55. The third-order valence-electron chi connectivity index (χ3n) is 11.0. The molecule has 0 aromatic heterocycles. The van der Waals surface area contributed by atoms with Crippen LogP contribution in [0.3, 0.4) is 0 Å². The summed E-state index contributed by atoms with van der Waals surface area (Å²) in [6.07, 6.45) is 19.5. The van der Waals surface area contributed by atoms with Gasteiger partial charge in [0, 0.05) is 25.2 Å². The average Bonchev–Trinajstić information content (AvgIpc) is 3.64. The molecule has 1 amide bonds. The summed E-state index contributed by atoms with van der Waals surface area (Å²) in [6, 6.07) is 0. The van der Waals surface area contributed by atoms with Crippen molar-refractivity contribution in [2.45, 2.75) is 127 Å². The van der Waals surface area contributed by atoms with Gasteiger partial charge in [0.05, 0.1) is 6.10 Å². The highest BCUT2D eigenvalue weighted by molar-refractivity contribution is 5.93. The Labute approximate surface area is 241 Å². The van der Waals surface area contributed by atoms with Crippen molar-refractivity contribution in [2.24, 2.45) is 28.5 Å². The molecule has 0 aromatic carbocycles. The summed E-state index contributed by atoms with van der Waals surface area (Å²) in [4.78, 5) is 22.9. The fraction of sp³-hybridized carbons (Fsp3) is 0.875. The largest absolute Gasteiger partial charge is 0.370 e. The second-order valence-electron chi connectivity index (χ2n) is 13.8. The monoisotopic (exact) mass is 556 g/mol. The lowest BCUT2D eigenvalue weighted by molar-refractivity contribution is -0.128. The third kappa shape index (κ3) is 5.69. The number of piperidine rings is 1. The minimum absolute atomic E-state index is 0.0126. The molecule has 40 heavy (non-hydrogen) atoms. The minimum atomic E-state index is -0.335. The summed E-state index contributed by atoms with van der Waals surface area (Å²) in [5, 5.41) is 0. The first-order valence-corrected chi connectivity index (χ1v) is 16.4. The van der Waals surface area contributed by atoms with E-state index in [1.807, 2.05) is 24.8 Å². The number of likely N-dealkylation sites (tertiary alicyclic amines) is 1. The predicted molar refractivity (Wildman–Crippen MR) is 155 cm³/mol. The van der Waals surface area contributed by atoms with Gasteiger partial charge in [-0.15, -0.1) is 0 Å². The Kier molecular flexibility index (Phi) is 8.49. The van der Waals surface area contributed by atoms with Crippen molar-refractivity contribution in [3.63, 3.8) is 0 Å². The molecule has 4 heterocycles. The number of nitrogens with two attached hydrogens (primary N) is 1. The van der Waals surface area contributed by atoms with E-state index in [1.165, 1.54) is 64.2 Å². The molecule has 3 atom stereocenters. The average molecular weight is 557 g/mol. The minimum Gasteiger partial charge on any atom is -0.370 e. The van der Waals surface area contributed by atoms with Crippen LogP contribution in [0.2, 0.25) is 0 Å². The molecule has 5 fully saturated rings. The van der Waals surface area contributed by atoms with E-state index in [-0.39, 0.29) is 29.4 Å². The highest BCUT2D eigenvalue weighted by atomic mass is 16.7. The van der Waals surface area contributed by atoms with Gasteiger partial charge in [-0.25, -0.2) is 4.99 Å². The molecule has 3 saturated heterocycles. The predicted octanol–water partition coefficient (Wildman–Crippen LogP) is 4.97. The number of hydrogen-bond donors (Lipinski definition) is 1. The Morgan fingerprint density at radius 2 is 1.55 bits per heavy atom. The lowest BCUT2D eigenvalue weighted by Gasteiger charge is -2.42. The van der Waals surface area contributed by atoms with Crippen molar-refractivity contribution in [1.82, 2.24) is 9.80 Å². The molecule has 1 spiro atoms. The molecule has 0 radical (unpaired) electrons. The lowest BCUT2D eigenvalue weighted by atomic mass is 9.70. The van der Waals surface area contributed by atoms with Gasteiger partial charge in [0.25, 0.3) is 0 Å². The van der Waals surface area contributed by atoms with E-state index in [0.717, 1.165) is 69.3 Å². The first-order chi connectivity index (χ1) is 19.4. The number of carbonyl (C=O) groups is 1. The summed E-state index contributed by atoms with van der Waals surface area (Å²) in [5.41, 5.74) is 7.02. The third-order valence-corrected chi connectivity index (χ3v) is 11.0. The molecule has 2 saturated carbocycles. The van der Waals surface area contributed by atoms with Crippen LogP contribution in [-0.4, -0.2) is 78.2 Å². The Morgan fingerprint density at radius 3 is 2.08 bits per heavy atom. The van der Waals surface area contributed by atoms with Crippen LogP contribution in [0.25, 0.3) is 0 Å². The molecule has 4 aliphatic heterocycles. The fourth-order valence-electron chi connectivity index (χ4n) is 8.55. The Morgan fingerprint density at radius 1 is 0.950 bits per heavy atom. The van der Waals surface area contributed by atoms with Crippen molar-refractivity contribution in [1.29, 1.82) is 0 Å². The first kappa shape index (κ1) is 28.5. The molecule has 8 heteroatoms. The van der Waals surface area contributed by atoms with E-state index in [9.17, 15) is 4.79 Å². The zero-order valence-corrected chi connectivity index (χ0v) is 25.0. The van der Waals surface area contributed by atoms with Gasteiger partial charge in [-0.2, -0.15) is 0 Å². The van der Waals surface area contributed by atoms with Gasteiger partial charge >= 0.3 is 0 Å². The smallest absolute Gasteiger partial charge is 0.249 e. The van der Waals surface area contributed by atoms with Crippen molar-refractivity contribution < 1.29 is 19.0 Å². The SMILES string of the molecule is C/C(=C\C1OCO[C@@H]1C)C(=O)N1CCC(CN2C(N)=NC(CC3CCCCC3)(CC3CCCCC3)C23CO3)CC1. The molecule has 0 aromatic rings. The second kappa shape index (κ2) is 11.9. The number of aliphatic imine (C=N–C) groups is 1. The van der Waals surface area contributed by atoms with Crippen LogP contribution in [0.5, 0.6) is 0 Å². The van der Waals surface area contributed by atoms with Gasteiger partial charge in [-0.1, -0.05) is 64.2 Å². The highest BCUT2D eigenvalue weighted by Gasteiger charge is 2.70. The number of hydrogen-bond acceptors (Lipinski definition) is 7. The van der Waals surface area contributed by atoms with Gasteiger partial charge < -0.3 is 29.7 Å². The molecular formula is C32H52N4O4. The number of rotatable bonds is 8. The van der Waals surface area contributed by atoms with Crippen LogP contribution in [0, 0.1) is 17.8 Å². The number of carbonyl (C=O) groups excluding carboxylic acids is 1. The van der Waals surface area contributed by atoms with E-state index in [1.54, 1.807) is 0 Å². The first-order valence-electron chi connectivity index (χ1n) is 16.4. The molecule has 8 nitrogen and oxygen atoms in total. The Bertz CT molecular complexity index is 938. The normalized spacial score (nSPS) is 34.0. The zero-order chi connectivity index (χ0) is 27.7. The number of epoxide rings is 1. The van der Waals surface area contributed by atoms with Gasteiger partial charge in [-0.3, -0.25) is 4.79 Å². The van der Waals surface area contributed by atoms with E-state index in [4.69, 9.17) is 24.9 Å². The van der Waals surface area contributed by atoms with Gasteiger partial charge in [0.1, 0.15) is 25.0 Å². The van der Waals surface area contributed by atoms with E-state index >= 15 is 0 Å². The van der Waals surface area contributed by atoms with Gasteiger partial charge in [0.2, 0.25) is 5.91 Å². The number of guanidine groups is 1. The summed E-state index contributed by atoms with van der Waals surface area (Å²) < 4.78 is 17.6. The molecule has 2 N–H and O–H groups in total. The maximum Gasteiger partial charge on any atom is 0.249 e. The quantitative estimate of drug-likeness (QED) is 0.335. The van der Waals surface area contributed by atoms with Crippen molar-refractivity contribution >= 4 is 11.9 Å². The fourth-order valence-corrected chi connectivity index (χ4v) is 8.55. The van der Waals surface area contributed by atoms with Crippen LogP contribution in [-0.2, 0) is 19.0 Å². The number of amides is 1. The van der Waals surface area contributed by atoms with Crippen LogP contribution in [0.1, 0.15) is 104 Å². The van der Waals surface area contributed by atoms with E-state index in [2.05, 4.69) is 4.90 Å². The molecular weight excluding hydrogens is 504 g/mol. The number of ether oxygens (including phenoxy) is 3. The summed E-state index contributed by atoms with van der Waals surface area (Å²) in [5.74, 6) is 2.78. The summed E-state index contributed by atoms with van der Waals surface area (Å²) in [7, 11) is 0. The second-order valence-corrected chi connectivity index (χ2v) is 13.8. The van der Waals surface area contributed by atoms with Crippen LogP contribution in [0.15, 0.2) is 16.6 Å². The maximum atomic E-state index is 13.2. The highest BCUT2D eigenvalue weighted by Crippen LogP contribution is 2.56. The van der Waals surface area contributed by atoms with Crippen molar-refractivity contribution in [3.8, 4) is 0 Å². The molecule has 224 valence electrons. The summed E-state index contributed by atoms with van der Waals surface area (Å²) >= 11 is 0. The Hall–Kier alpha value is -1.64. The van der Waals surface area contributed by atoms with Crippen molar-refractivity contribution in [3.05, 3.63) is 11.6 Å². The maximum absolute atomic E-state index is 13.2. The Balaban J connectivity index is 1.10. The van der Waals surface area contributed by atoms with Crippen LogP contribution in [0.4, 0.5) is 0 Å². The molecule has 6 aliphatic rings. The molecule has 2 unspecified atom stereocenters.